The molecule has 4 aromatic rings. The van der Waals surface area contributed by atoms with Gasteiger partial charge in [0.05, 0.1) is 35.5 Å². The molecular formula is C26H30N6O4. The monoisotopic (exact) mass is 490 g/mol. The fourth-order valence-corrected chi connectivity index (χ4v) is 4.03. The summed E-state index contributed by atoms with van der Waals surface area (Å²) < 4.78 is 14.3. The van der Waals surface area contributed by atoms with Crippen molar-refractivity contribution in [3.05, 3.63) is 59.9 Å². The third-order valence-electron chi connectivity index (χ3n) is 5.53. The minimum absolute atomic E-state index is 0.0813. The fraction of sp³-hybridized carbons (Fsp3) is 0.308. The molecule has 0 saturated carbocycles. The lowest BCUT2D eigenvalue weighted by molar-refractivity contribution is -0.131. The SMILES string of the molecule is Cc1nn(CC(C)N)c2cc(OC(=O)/C=C/C(=O)Oc3ccc4c(C)nn(CC(C)N)c4c3)ccc12. The molecule has 0 aliphatic rings. The van der Waals surface area contributed by atoms with Gasteiger partial charge in [-0.1, -0.05) is 0 Å². The fourth-order valence-electron chi connectivity index (χ4n) is 4.03. The normalized spacial score (nSPS) is 13.4. The van der Waals surface area contributed by atoms with Gasteiger partial charge in [0.25, 0.3) is 0 Å². The Balaban J connectivity index is 1.43. The summed E-state index contributed by atoms with van der Waals surface area (Å²) in [7, 11) is 0. The Bertz CT molecular complexity index is 1350. The molecule has 0 bridgehead atoms. The molecule has 36 heavy (non-hydrogen) atoms. The minimum atomic E-state index is -0.706. The first-order valence-corrected chi connectivity index (χ1v) is 11.7. The number of carbonyl (C=O) groups excluding carboxylic acids is 2. The average Bonchev–Trinajstić information content (AvgIpc) is 3.27. The van der Waals surface area contributed by atoms with E-state index < -0.39 is 11.9 Å². The Morgan fingerprint density at radius 1 is 0.806 bits per heavy atom. The van der Waals surface area contributed by atoms with Crippen molar-refractivity contribution in [3.8, 4) is 11.5 Å². The zero-order valence-electron chi connectivity index (χ0n) is 20.8. The number of ether oxygens (including phenoxy) is 2. The van der Waals surface area contributed by atoms with Crippen LogP contribution in [0.25, 0.3) is 21.8 Å². The van der Waals surface area contributed by atoms with E-state index in [2.05, 4.69) is 10.2 Å². The molecule has 2 aromatic heterocycles. The number of esters is 2. The third kappa shape index (κ3) is 5.61. The predicted octanol–water partition coefficient (Wildman–Crippen LogP) is 2.76. The topological polar surface area (TPSA) is 140 Å². The molecule has 0 amide bonds. The molecule has 0 radical (unpaired) electrons. The number of rotatable bonds is 8. The van der Waals surface area contributed by atoms with Gasteiger partial charge in [-0.3, -0.25) is 9.36 Å². The maximum atomic E-state index is 12.3. The molecule has 0 saturated heterocycles. The second-order valence-corrected chi connectivity index (χ2v) is 9.02. The van der Waals surface area contributed by atoms with Crippen LogP contribution < -0.4 is 20.9 Å². The third-order valence-corrected chi connectivity index (χ3v) is 5.53. The van der Waals surface area contributed by atoms with Crippen molar-refractivity contribution in [2.45, 2.75) is 52.9 Å². The molecule has 2 aromatic carbocycles. The second kappa shape index (κ2) is 10.3. The molecule has 4 rings (SSSR count). The largest absolute Gasteiger partial charge is 0.423 e. The summed E-state index contributed by atoms with van der Waals surface area (Å²) >= 11 is 0. The zero-order chi connectivity index (χ0) is 26.0. The van der Waals surface area contributed by atoms with E-state index >= 15 is 0 Å². The van der Waals surface area contributed by atoms with Gasteiger partial charge in [0.15, 0.2) is 0 Å². The highest BCUT2D eigenvalue weighted by Gasteiger charge is 2.13. The van der Waals surface area contributed by atoms with Crippen LogP contribution in [-0.4, -0.2) is 43.6 Å². The number of benzene rings is 2. The summed E-state index contributed by atoms with van der Waals surface area (Å²) in [5.41, 5.74) is 15.2. The molecule has 2 atom stereocenters. The summed E-state index contributed by atoms with van der Waals surface area (Å²) in [4.78, 5) is 24.6. The van der Waals surface area contributed by atoms with Gasteiger partial charge in [0.1, 0.15) is 11.5 Å². The van der Waals surface area contributed by atoms with Gasteiger partial charge in [0.2, 0.25) is 0 Å². The van der Waals surface area contributed by atoms with Crippen LogP contribution in [-0.2, 0) is 22.7 Å². The summed E-state index contributed by atoms with van der Waals surface area (Å²) in [6.45, 7) is 8.67. The second-order valence-electron chi connectivity index (χ2n) is 9.02. The van der Waals surface area contributed by atoms with E-state index in [-0.39, 0.29) is 12.1 Å². The van der Waals surface area contributed by atoms with Crippen molar-refractivity contribution in [1.29, 1.82) is 0 Å². The Kier molecular flexibility index (Phi) is 7.18. The van der Waals surface area contributed by atoms with E-state index in [4.69, 9.17) is 20.9 Å². The van der Waals surface area contributed by atoms with Gasteiger partial charge in [0, 0.05) is 47.1 Å². The van der Waals surface area contributed by atoms with Crippen molar-refractivity contribution in [1.82, 2.24) is 19.6 Å². The van der Waals surface area contributed by atoms with Gasteiger partial charge < -0.3 is 20.9 Å². The van der Waals surface area contributed by atoms with Crippen molar-refractivity contribution >= 4 is 33.7 Å². The molecule has 2 unspecified atom stereocenters. The number of hydrogen-bond acceptors (Lipinski definition) is 8. The quantitative estimate of drug-likeness (QED) is 0.218. The first kappa shape index (κ1) is 25.1. The molecular weight excluding hydrogens is 460 g/mol. The first-order chi connectivity index (χ1) is 17.1. The summed E-state index contributed by atoms with van der Waals surface area (Å²) in [5.74, 6) is -0.746. The summed E-state index contributed by atoms with van der Waals surface area (Å²) in [5, 5.41) is 10.9. The lowest BCUT2D eigenvalue weighted by Crippen LogP contribution is -2.22. The van der Waals surface area contributed by atoms with E-state index in [1.807, 2.05) is 39.8 Å². The number of fused-ring (bicyclic) bond motifs is 2. The Hall–Kier alpha value is -4.02. The molecule has 4 N–H and O–H groups in total. The van der Waals surface area contributed by atoms with E-state index in [1.54, 1.807) is 33.6 Å². The maximum Gasteiger partial charge on any atom is 0.336 e. The molecule has 188 valence electrons. The van der Waals surface area contributed by atoms with Gasteiger partial charge in [-0.05, 0) is 52.0 Å². The van der Waals surface area contributed by atoms with Crippen LogP contribution >= 0.6 is 0 Å². The number of nitrogens with zero attached hydrogens (tertiary/aromatic N) is 4. The molecule has 10 nitrogen and oxygen atoms in total. The number of aromatic nitrogens is 4. The highest BCUT2D eigenvalue weighted by atomic mass is 16.5. The predicted molar refractivity (Wildman–Crippen MR) is 137 cm³/mol. The number of nitrogens with two attached hydrogens (primary N) is 2. The lowest BCUT2D eigenvalue weighted by atomic mass is 10.2. The van der Waals surface area contributed by atoms with Crippen molar-refractivity contribution in [3.63, 3.8) is 0 Å². The van der Waals surface area contributed by atoms with Crippen molar-refractivity contribution in [2.75, 3.05) is 0 Å². The molecule has 0 aliphatic carbocycles. The maximum absolute atomic E-state index is 12.3. The highest BCUT2D eigenvalue weighted by Crippen LogP contribution is 2.25. The van der Waals surface area contributed by atoms with Crippen LogP contribution in [0.5, 0.6) is 11.5 Å². The number of hydrogen-bond donors (Lipinski definition) is 2. The van der Waals surface area contributed by atoms with E-state index in [0.717, 1.165) is 45.3 Å². The van der Waals surface area contributed by atoms with Crippen molar-refractivity contribution < 1.29 is 19.1 Å². The Morgan fingerprint density at radius 2 is 1.19 bits per heavy atom. The van der Waals surface area contributed by atoms with Crippen LogP contribution in [0.1, 0.15) is 25.2 Å². The summed E-state index contributed by atoms with van der Waals surface area (Å²) in [6, 6.07) is 10.3. The van der Waals surface area contributed by atoms with Gasteiger partial charge in [-0.15, -0.1) is 0 Å². The molecule has 0 aliphatic heterocycles. The van der Waals surface area contributed by atoms with Crippen LogP contribution in [0.4, 0.5) is 0 Å². The number of aryl methyl sites for hydroxylation is 2. The zero-order valence-corrected chi connectivity index (χ0v) is 20.8. The Labute approximate surface area is 208 Å². The minimum Gasteiger partial charge on any atom is -0.423 e. The molecule has 2 heterocycles. The first-order valence-electron chi connectivity index (χ1n) is 11.7. The molecule has 0 spiro atoms. The van der Waals surface area contributed by atoms with Crippen molar-refractivity contribution in [2.24, 2.45) is 11.5 Å². The van der Waals surface area contributed by atoms with Crippen LogP contribution in [0.15, 0.2) is 48.6 Å². The van der Waals surface area contributed by atoms with Crippen LogP contribution in [0.2, 0.25) is 0 Å². The Morgan fingerprint density at radius 3 is 1.56 bits per heavy atom. The summed E-state index contributed by atoms with van der Waals surface area (Å²) in [6.07, 6.45) is 2.06. The smallest absolute Gasteiger partial charge is 0.336 e. The van der Waals surface area contributed by atoms with Crippen LogP contribution in [0, 0.1) is 13.8 Å². The molecule has 10 heteroatoms. The van der Waals surface area contributed by atoms with E-state index in [9.17, 15) is 9.59 Å². The van der Waals surface area contributed by atoms with Crippen LogP contribution in [0.3, 0.4) is 0 Å². The van der Waals surface area contributed by atoms with E-state index in [1.165, 1.54) is 0 Å². The highest BCUT2D eigenvalue weighted by molar-refractivity contribution is 5.94. The lowest BCUT2D eigenvalue weighted by Gasteiger charge is -2.08. The van der Waals surface area contributed by atoms with Gasteiger partial charge in [-0.2, -0.15) is 10.2 Å². The number of carbonyl (C=O) groups is 2. The van der Waals surface area contributed by atoms with Gasteiger partial charge >= 0.3 is 11.9 Å². The van der Waals surface area contributed by atoms with Gasteiger partial charge in [-0.25, -0.2) is 9.59 Å². The average molecular weight is 491 g/mol. The molecule has 0 fully saturated rings. The standard InChI is InChI=1S/C26H30N6O4/c1-15(27)13-31-23-11-19(5-7-21(23)17(3)29-31)35-25(33)9-10-26(34)36-20-6-8-22-18(4)30-32(14-16(2)28)24(22)12-20/h5-12,15-16H,13-14,27-28H2,1-4H3/b10-9+. The van der Waals surface area contributed by atoms with E-state index in [0.29, 0.717) is 24.6 Å².